The molecular formula is C102H139BBr5N19O12S. The second-order valence-electron chi connectivity index (χ2n) is 43.5. The van der Waals surface area contributed by atoms with Gasteiger partial charge in [0.1, 0.15) is 56.2 Å². The number of nitrogens with zero attached hydrogens (tertiary/aromatic N) is 14. The summed E-state index contributed by atoms with van der Waals surface area (Å²) < 4.78 is 43.7. The number of rotatable bonds is 27. The second-order valence-corrected chi connectivity index (χ2v) is 47.7. The van der Waals surface area contributed by atoms with Crippen molar-refractivity contribution < 1.29 is 57.0 Å². The van der Waals surface area contributed by atoms with Crippen LogP contribution < -0.4 is 33.3 Å². The van der Waals surface area contributed by atoms with Gasteiger partial charge in [-0.15, -0.1) is 15.3 Å². The van der Waals surface area contributed by atoms with Crippen molar-refractivity contribution >= 4 is 149 Å². The van der Waals surface area contributed by atoms with Gasteiger partial charge in [0.05, 0.1) is 72.2 Å². The molecule has 4 aliphatic carbocycles. The van der Waals surface area contributed by atoms with Crippen molar-refractivity contribution in [3.8, 4) is 33.8 Å². The third kappa shape index (κ3) is 32.4. The zero-order chi connectivity index (χ0) is 103. The molecule has 4 aromatic heterocycles. The zero-order valence-electron chi connectivity index (χ0n) is 85.1. The maximum Gasteiger partial charge on any atom is 0.494 e. The molecule has 6 heterocycles. The number of carbonyl (C=O) groups excluding carboxylic acids is 5. The summed E-state index contributed by atoms with van der Waals surface area (Å²) in [6.45, 7) is 48.0. The quantitative estimate of drug-likeness (QED) is 0.0138. The third-order valence-corrected chi connectivity index (χ3v) is 27.1. The van der Waals surface area contributed by atoms with Gasteiger partial charge in [0.15, 0.2) is 24.5 Å². The van der Waals surface area contributed by atoms with Crippen LogP contribution in [0.1, 0.15) is 295 Å². The molecule has 38 heteroatoms. The Morgan fingerprint density at radius 1 is 0.436 bits per heavy atom. The number of nitrogens with two attached hydrogens (primary N) is 3. The number of carbonyl (C=O) groups is 5. The molecule has 758 valence electrons. The van der Waals surface area contributed by atoms with E-state index in [-0.39, 0.29) is 63.8 Å². The van der Waals surface area contributed by atoms with Gasteiger partial charge >= 0.3 is 37.1 Å². The number of thiocarbonyl (C=S) groups is 1. The average molecular weight is 2270 g/mol. The first-order valence-corrected chi connectivity index (χ1v) is 52.0. The fourth-order valence-electron chi connectivity index (χ4n) is 15.5. The normalized spacial score (nSPS) is 17.3. The molecule has 15 rings (SSSR count). The van der Waals surface area contributed by atoms with Crippen LogP contribution in [0.15, 0.2) is 164 Å². The second kappa shape index (κ2) is 47.0. The number of aromatic nitrogens is 12. The topological polar surface area (TPSA) is 400 Å². The van der Waals surface area contributed by atoms with E-state index in [2.05, 4.69) is 203 Å². The molecule has 9 aromatic rings. The molecule has 8 N–H and O–H groups in total. The number of esters is 4. The molecule has 4 atom stereocenters. The number of ether oxygens (including phenoxy) is 5. The van der Waals surface area contributed by atoms with Gasteiger partial charge < -0.3 is 55.5 Å². The van der Waals surface area contributed by atoms with Crippen LogP contribution in [0.3, 0.4) is 0 Å². The van der Waals surface area contributed by atoms with Gasteiger partial charge in [0, 0.05) is 16.7 Å². The van der Waals surface area contributed by atoms with Crippen molar-refractivity contribution in [1.29, 1.82) is 0 Å². The Labute approximate surface area is 872 Å². The van der Waals surface area contributed by atoms with Crippen LogP contribution in [0, 0.1) is 21.7 Å². The van der Waals surface area contributed by atoms with Gasteiger partial charge in [-0.3, -0.25) is 15.3 Å². The van der Waals surface area contributed by atoms with Crippen molar-refractivity contribution in [3.63, 3.8) is 0 Å². The first kappa shape index (κ1) is 113. The van der Waals surface area contributed by atoms with Crippen molar-refractivity contribution in [1.82, 2.24) is 70.6 Å². The smallest absolute Gasteiger partial charge is 0.461 e. The Morgan fingerprint density at radius 3 is 1.11 bits per heavy atom. The number of nitrogens with one attached hydrogen (secondary N) is 2. The zero-order valence-corrected chi connectivity index (χ0v) is 93.8. The maximum absolute atomic E-state index is 13.8. The minimum absolute atomic E-state index is 0.0422. The molecular weight excluding hydrogens is 2130 g/mol. The van der Waals surface area contributed by atoms with Gasteiger partial charge in [0.2, 0.25) is 0 Å². The molecule has 6 aliphatic rings. The number of halogens is 5. The van der Waals surface area contributed by atoms with E-state index in [9.17, 15) is 24.0 Å². The van der Waals surface area contributed by atoms with Crippen LogP contribution in [0.4, 0.5) is 4.79 Å². The number of aliphatic imine (C=N–C) groups is 2. The van der Waals surface area contributed by atoms with Crippen LogP contribution in [-0.4, -0.2) is 154 Å². The Kier molecular flexibility index (Phi) is 38.0. The minimum atomic E-state index is -1.38. The Hall–Kier alpha value is -8.70. The molecule has 5 fully saturated rings. The van der Waals surface area contributed by atoms with Crippen molar-refractivity contribution in [2.75, 3.05) is 6.67 Å². The van der Waals surface area contributed by atoms with E-state index in [1.807, 2.05) is 217 Å². The summed E-state index contributed by atoms with van der Waals surface area (Å²) in [5.74, 6) is -1.68. The molecule has 0 radical (unpaired) electrons. The molecule has 31 nitrogen and oxygen atoms in total. The number of hydrogen-bond acceptors (Lipinski definition) is 26. The lowest BCUT2D eigenvalue weighted by atomic mass is 9.74. The summed E-state index contributed by atoms with van der Waals surface area (Å²) in [5, 5.41) is 40.9. The molecule has 0 bridgehead atoms. The summed E-state index contributed by atoms with van der Waals surface area (Å²) in [5.41, 5.74) is 23.2. The number of amides is 1. The Bertz CT molecular complexity index is 5720. The third-order valence-electron chi connectivity index (χ3n) is 23.0. The number of benzene rings is 5. The fourth-order valence-corrected chi connectivity index (χ4v) is 17.2. The van der Waals surface area contributed by atoms with E-state index in [4.69, 9.17) is 62.4 Å². The van der Waals surface area contributed by atoms with E-state index >= 15 is 0 Å². The van der Waals surface area contributed by atoms with Gasteiger partial charge in [-0.05, 0) is 307 Å². The standard InChI is InChI=1S/C30H37N5O4S.C22H36BNO4.C21H29BrN4O2.C21H30N4O2.C5H5Br2N3.C3H2Br2N2/c1-20(2)39-26(36)30(19-29(3,4)5,33-27(40)32-28(37)38-18-21-9-7-6-8-10-21)23-13-11-22(12-14-23)25-17-31-35(34-25)24-15-16-24;1-15(2)26-18(25)22(24,14-19(3,4)5)16-10-12-17(13-11-16)23-27-20(6,7)21(8,9)28-23;1-13(2)28-19(27)21(23,12-20(3,4)5)15-8-6-14(7-9-15)17-18(22)25-26(24-17)16-10-11-16;1-14(2)27-19(26)21(22,13-20(3,4)5)16-8-6-15(7-9-16)18-12-23-25(24-18)17-10-11-17;6-4-5(7)9-10(8-4)3-1-2-3;4-2-3(5)7-1-6-2/h6-14,17,20,24H,15-16,18-19H2,1-5H3,(H2,32,33,37,40);10-13,15H,14,24H2,1-9H3;6-9,13,16H,10-12,23H2,1-5H3;6-9,12,14,17H,10-11,13,22H2,1-5H3;3H,1-2H2;1H2/t30-;22-;2*21-;;/m1111../s1. The SMILES string of the molecule is BrC1=NCN=C1Br.Brc1nn(C2CC2)nc1Br.CC(C)OC(=O)[C@@](N)(CC(C)(C)C)c1ccc(-c2cnn(C3CC3)n2)cc1.CC(C)OC(=O)[C@@](N)(CC(C)(C)C)c1ccc(-c2nn(C3CC3)nc2Br)cc1.CC(C)OC(=O)[C@@](N)(CC(C)(C)C)c1ccc(B2OC(C)(C)C(C)(C)O2)cc1.CC(C)OC(=O)[C@](CC(C)(C)C)(NC(=S)NC(=O)OCc1ccccc1)c1ccc(-c2cnn(C3CC3)n2)cc1. The predicted octanol–water partition coefficient (Wildman–Crippen LogP) is 21.3. The molecule has 4 saturated carbocycles. The van der Waals surface area contributed by atoms with E-state index in [0.717, 1.165) is 123 Å². The summed E-state index contributed by atoms with van der Waals surface area (Å²) >= 11 is 21.9. The highest BCUT2D eigenvalue weighted by molar-refractivity contribution is 9.25. The number of hydrogen-bond donors (Lipinski definition) is 5. The van der Waals surface area contributed by atoms with Crippen LogP contribution in [0.25, 0.3) is 33.8 Å². The van der Waals surface area contributed by atoms with Crippen molar-refractivity contribution in [2.45, 2.75) is 332 Å². The summed E-state index contributed by atoms with van der Waals surface area (Å²) in [6.07, 6.45) is 12.7. The molecule has 5 aromatic carbocycles. The minimum Gasteiger partial charge on any atom is -0.461 e. The van der Waals surface area contributed by atoms with Crippen LogP contribution in [0.5, 0.6) is 0 Å². The largest absolute Gasteiger partial charge is 0.494 e. The van der Waals surface area contributed by atoms with Gasteiger partial charge in [-0.2, -0.15) is 44.7 Å². The van der Waals surface area contributed by atoms with Gasteiger partial charge in [0.25, 0.3) is 0 Å². The molecule has 140 heavy (non-hydrogen) atoms. The van der Waals surface area contributed by atoms with Crippen LogP contribution in [-0.2, 0) is 80.9 Å². The van der Waals surface area contributed by atoms with Crippen molar-refractivity contribution in [3.05, 3.63) is 181 Å². The molecule has 2 aliphatic heterocycles. The highest BCUT2D eigenvalue weighted by Crippen LogP contribution is 2.45. The predicted molar refractivity (Wildman–Crippen MR) is 568 cm³/mol. The van der Waals surface area contributed by atoms with Gasteiger partial charge in [-0.25, -0.2) is 24.0 Å². The maximum atomic E-state index is 13.8. The summed E-state index contributed by atoms with van der Waals surface area (Å²) in [4.78, 5) is 79.8. The van der Waals surface area contributed by atoms with Crippen molar-refractivity contribution in [2.24, 2.45) is 48.8 Å². The summed E-state index contributed by atoms with van der Waals surface area (Å²) in [6, 6.07) is 41.7. The van der Waals surface area contributed by atoms with Crippen LogP contribution >= 0.6 is 91.9 Å². The van der Waals surface area contributed by atoms with E-state index in [1.165, 1.54) is 12.8 Å². The van der Waals surface area contributed by atoms with E-state index < -0.39 is 64.5 Å². The molecule has 1 amide bonds. The van der Waals surface area contributed by atoms with Gasteiger partial charge in [-0.1, -0.05) is 210 Å². The lowest BCUT2D eigenvalue weighted by Crippen LogP contribution is -2.58. The highest BCUT2D eigenvalue weighted by Gasteiger charge is 2.53. The molecule has 0 spiro atoms. The van der Waals surface area contributed by atoms with E-state index in [1.54, 1.807) is 45.4 Å². The first-order chi connectivity index (χ1) is 65.2. The summed E-state index contributed by atoms with van der Waals surface area (Å²) in [7, 11) is -0.448. The lowest BCUT2D eigenvalue weighted by molar-refractivity contribution is -0.157. The highest BCUT2D eigenvalue weighted by atomic mass is 79.9. The lowest BCUT2D eigenvalue weighted by Gasteiger charge is -2.39. The Morgan fingerprint density at radius 2 is 0.764 bits per heavy atom. The number of alkyl carbamates (subject to hydrolysis) is 1. The molecule has 1 saturated heterocycles. The first-order valence-electron chi connectivity index (χ1n) is 47.6. The average Bonchev–Trinajstić information content (AvgIpc) is 1.67. The monoisotopic (exact) mass is 2260 g/mol. The van der Waals surface area contributed by atoms with E-state index in [0.29, 0.717) is 62.1 Å². The molecule has 0 unspecified atom stereocenters. The fraction of sp³-hybridized carbons (Fsp3) is 0.549. The Balaban J connectivity index is 0.000000183. The van der Waals surface area contributed by atoms with Crippen LogP contribution in [0.2, 0.25) is 0 Å².